The highest BCUT2D eigenvalue weighted by molar-refractivity contribution is 7.07. The Labute approximate surface area is 190 Å². The van der Waals surface area contributed by atoms with Crippen LogP contribution < -0.4 is 4.74 Å². The molecule has 0 radical (unpaired) electrons. The van der Waals surface area contributed by atoms with Gasteiger partial charge in [-0.05, 0) is 68.8 Å². The average Bonchev–Trinajstić information content (AvgIpc) is 3.17. The molecule has 0 N–H and O–H groups in total. The number of nitrogens with zero attached hydrogens (tertiary/aromatic N) is 3. The molecule has 168 valence electrons. The molecule has 0 aliphatic rings. The van der Waals surface area contributed by atoms with Crippen LogP contribution in [0.3, 0.4) is 0 Å². The number of ether oxygens (including phenoxy) is 1. The molecule has 0 spiro atoms. The summed E-state index contributed by atoms with van der Waals surface area (Å²) in [4.78, 5) is 6.60. The van der Waals surface area contributed by atoms with Crippen molar-refractivity contribution >= 4 is 23.9 Å². The fraction of sp³-hybridized carbons (Fsp3) is 0.364. The first-order valence-corrected chi connectivity index (χ1v) is 10.4. The number of alkyl halides is 3. The van der Waals surface area contributed by atoms with E-state index in [1.807, 2.05) is 13.0 Å². The molecule has 2 aromatic carbocycles. The molecule has 0 aliphatic heterocycles. The van der Waals surface area contributed by atoms with Crippen molar-refractivity contribution in [2.75, 3.05) is 20.1 Å². The summed E-state index contributed by atoms with van der Waals surface area (Å²) in [7, 11) is 2.10. The lowest BCUT2D eigenvalue weighted by Crippen LogP contribution is -2.20. The Morgan fingerprint density at radius 3 is 2.35 bits per heavy atom. The molecule has 0 saturated carbocycles. The summed E-state index contributed by atoms with van der Waals surface area (Å²) < 4.78 is 48.3. The van der Waals surface area contributed by atoms with Gasteiger partial charge < -0.3 is 9.64 Å². The molecule has 0 amide bonds. The van der Waals surface area contributed by atoms with E-state index in [9.17, 15) is 13.2 Å². The number of likely N-dealkylation sites (N-methyl/N-ethyl adjacent to an activating group) is 1. The largest absolute Gasteiger partial charge is 0.430 e. The van der Waals surface area contributed by atoms with Crippen molar-refractivity contribution in [3.8, 4) is 22.3 Å². The first-order chi connectivity index (χ1) is 14.2. The molecule has 0 bridgehead atoms. The standard InChI is InChI=1S/C22H24F3N3OS.ClH/c1-5-28(4)11-10-17-12-15(3)19(13-14(17)2)29-21-26-20(27-30-21)16-6-8-18(9-7-16)22(23,24)25;/h6-9,12-13H,5,10-11H2,1-4H3;1H. The molecule has 4 nitrogen and oxygen atoms in total. The van der Waals surface area contributed by atoms with E-state index >= 15 is 0 Å². The van der Waals surface area contributed by atoms with Gasteiger partial charge in [0.1, 0.15) is 5.75 Å². The van der Waals surface area contributed by atoms with Crippen LogP contribution in [-0.4, -0.2) is 34.4 Å². The maximum absolute atomic E-state index is 12.7. The van der Waals surface area contributed by atoms with E-state index in [1.165, 1.54) is 17.7 Å². The average molecular weight is 472 g/mol. The van der Waals surface area contributed by atoms with Gasteiger partial charge in [0.15, 0.2) is 5.82 Å². The number of aromatic nitrogens is 2. The van der Waals surface area contributed by atoms with Crippen molar-refractivity contribution in [3.63, 3.8) is 0 Å². The quantitative estimate of drug-likeness (QED) is 0.391. The van der Waals surface area contributed by atoms with Gasteiger partial charge in [-0.2, -0.15) is 22.5 Å². The second-order valence-corrected chi connectivity index (χ2v) is 7.97. The Hall–Kier alpha value is -2.16. The number of benzene rings is 2. The number of hydrogen-bond donors (Lipinski definition) is 0. The van der Waals surface area contributed by atoms with E-state index in [4.69, 9.17) is 4.74 Å². The zero-order valence-electron chi connectivity index (χ0n) is 17.8. The molecule has 3 rings (SSSR count). The van der Waals surface area contributed by atoms with Gasteiger partial charge in [-0.1, -0.05) is 25.1 Å². The number of halogens is 4. The second-order valence-electron chi connectivity index (χ2n) is 7.25. The summed E-state index contributed by atoms with van der Waals surface area (Å²) in [6.45, 7) is 8.18. The Bertz CT molecular complexity index is 1010. The van der Waals surface area contributed by atoms with Gasteiger partial charge in [0.25, 0.3) is 5.19 Å². The van der Waals surface area contributed by atoms with Gasteiger partial charge in [-0.25, -0.2) is 0 Å². The molecule has 0 unspecified atom stereocenters. The molecule has 9 heteroatoms. The van der Waals surface area contributed by atoms with Gasteiger partial charge >= 0.3 is 6.18 Å². The first-order valence-electron chi connectivity index (χ1n) is 9.65. The van der Waals surface area contributed by atoms with Crippen LogP contribution in [0.25, 0.3) is 11.4 Å². The third-order valence-corrected chi connectivity index (χ3v) is 5.61. The first kappa shape index (κ1) is 25.1. The van der Waals surface area contributed by atoms with Crippen molar-refractivity contribution in [1.82, 2.24) is 14.3 Å². The topological polar surface area (TPSA) is 38.2 Å². The monoisotopic (exact) mass is 471 g/mol. The molecule has 0 saturated heterocycles. The molecular formula is C22H25ClF3N3OS. The van der Waals surface area contributed by atoms with Crippen molar-refractivity contribution in [1.29, 1.82) is 0 Å². The van der Waals surface area contributed by atoms with E-state index in [0.717, 1.165) is 54.3 Å². The Kier molecular flexibility index (Phi) is 8.45. The lowest BCUT2D eigenvalue weighted by atomic mass is 10.0. The van der Waals surface area contributed by atoms with Gasteiger partial charge in [0, 0.05) is 23.6 Å². The van der Waals surface area contributed by atoms with Gasteiger partial charge in [-0.15, -0.1) is 12.4 Å². The minimum absolute atomic E-state index is 0. The predicted molar refractivity (Wildman–Crippen MR) is 120 cm³/mol. The molecule has 1 heterocycles. The van der Waals surface area contributed by atoms with Crippen LogP contribution in [0.4, 0.5) is 13.2 Å². The Balaban J connectivity index is 0.00000341. The number of aryl methyl sites for hydroxylation is 2. The fourth-order valence-electron chi connectivity index (χ4n) is 2.97. The van der Waals surface area contributed by atoms with E-state index in [0.29, 0.717) is 22.3 Å². The summed E-state index contributed by atoms with van der Waals surface area (Å²) >= 11 is 1.07. The molecule has 31 heavy (non-hydrogen) atoms. The smallest absolute Gasteiger partial charge is 0.416 e. The molecule has 1 aromatic heterocycles. The SMILES string of the molecule is CCN(C)CCc1cc(C)c(Oc2nc(-c3ccc(C(F)(F)F)cc3)ns2)cc1C.Cl. The molecule has 3 aromatic rings. The third-order valence-electron chi connectivity index (χ3n) is 5.01. The molecule has 0 aliphatic carbocycles. The lowest BCUT2D eigenvalue weighted by Gasteiger charge is -2.16. The molecule has 0 atom stereocenters. The second kappa shape index (κ2) is 10.4. The number of rotatable bonds is 7. The predicted octanol–water partition coefficient (Wildman–Crippen LogP) is 6.55. The van der Waals surface area contributed by atoms with Gasteiger partial charge in [0.05, 0.1) is 5.56 Å². The van der Waals surface area contributed by atoms with Gasteiger partial charge in [0.2, 0.25) is 0 Å². The minimum atomic E-state index is -4.37. The van der Waals surface area contributed by atoms with Crippen LogP contribution in [-0.2, 0) is 12.6 Å². The summed E-state index contributed by atoms with van der Waals surface area (Å²) in [5.41, 5.74) is 3.24. The Morgan fingerprint density at radius 1 is 1.06 bits per heavy atom. The van der Waals surface area contributed by atoms with E-state index < -0.39 is 11.7 Å². The highest BCUT2D eigenvalue weighted by Crippen LogP contribution is 2.33. The van der Waals surface area contributed by atoms with Crippen LogP contribution in [0.15, 0.2) is 36.4 Å². The van der Waals surface area contributed by atoms with Crippen LogP contribution in [0.2, 0.25) is 0 Å². The van der Waals surface area contributed by atoms with E-state index in [-0.39, 0.29) is 12.4 Å². The number of hydrogen-bond acceptors (Lipinski definition) is 5. The molecule has 0 fully saturated rings. The highest BCUT2D eigenvalue weighted by Gasteiger charge is 2.30. The van der Waals surface area contributed by atoms with Crippen molar-refractivity contribution < 1.29 is 17.9 Å². The third kappa shape index (κ3) is 6.41. The fourth-order valence-corrected chi connectivity index (χ4v) is 3.53. The summed E-state index contributed by atoms with van der Waals surface area (Å²) in [5.74, 6) is 1.05. The summed E-state index contributed by atoms with van der Waals surface area (Å²) in [6.07, 6.45) is -3.40. The van der Waals surface area contributed by atoms with Gasteiger partial charge in [-0.3, -0.25) is 0 Å². The lowest BCUT2D eigenvalue weighted by molar-refractivity contribution is -0.137. The van der Waals surface area contributed by atoms with Crippen LogP contribution in [0.5, 0.6) is 10.9 Å². The van der Waals surface area contributed by atoms with E-state index in [2.05, 4.69) is 41.2 Å². The maximum Gasteiger partial charge on any atom is 0.416 e. The zero-order valence-corrected chi connectivity index (χ0v) is 19.4. The Morgan fingerprint density at radius 2 is 1.74 bits per heavy atom. The van der Waals surface area contributed by atoms with Crippen molar-refractivity contribution in [3.05, 3.63) is 58.7 Å². The normalized spacial score (nSPS) is 11.5. The maximum atomic E-state index is 12.7. The van der Waals surface area contributed by atoms with Crippen LogP contribution in [0, 0.1) is 13.8 Å². The van der Waals surface area contributed by atoms with Crippen molar-refractivity contribution in [2.45, 2.75) is 33.4 Å². The van der Waals surface area contributed by atoms with Crippen molar-refractivity contribution in [2.24, 2.45) is 0 Å². The highest BCUT2D eigenvalue weighted by atomic mass is 35.5. The minimum Gasteiger partial charge on any atom is -0.430 e. The zero-order chi connectivity index (χ0) is 21.9. The summed E-state index contributed by atoms with van der Waals surface area (Å²) in [5, 5.41) is 0.353. The molecular weight excluding hydrogens is 447 g/mol. The van der Waals surface area contributed by atoms with E-state index in [1.54, 1.807) is 0 Å². The van der Waals surface area contributed by atoms with Crippen LogP contribution >= 0.6 is 23.9 Å². The van der Waals surface area contributed by atoms with Crippen LogP contribution in [0.1, 0.15) is 29.2 Å². The summed E-state index contributed by atoms with van der Waals surface area (Å²) in [6, 6.07) is 8.91.